The standard InChI is InChI=1S/C15H13FN2O/c1-8-6-12(17)9(2)13-14(8)19-15(18-13)10-4-3-5-11(16)7-10/h3-7H,17H2,1-2H3. The fourth-order valence-corrected chi connectivity index (χ4v) is 2.13. The van der Waals surface area contributed by atoms with Crippen LogP contribution >= 0.6 is 0 Å². The summed E-state index contributed by atoms with van der Waals surface area (Å²) in [6, 6.07) is 8.05. The summed E-state index contributed by atoms with van der Waals surface area (Å²) in [5.74, 6) is 0.0963. The molecule has 2 N–H and O–H groups in total. The zero-order chi connectivity index (χ0) is 13.6. The first kappa shape index (κ1) is 11.7. The molecule has 19 heavy (non-hydrogen) atoms. The van der Waals surface area contributed by atoms with Crippen molar-refractivity contribution in [1.82, 2.24) is 4.98 Å². The van der Waals surface area contributed by atoms with E-state index in [1.54, 1.807) is 12.1 Å². The van der Waals surface area contributed by atoms with Gasteiger partial charge < -0.3 is 10.2 Å². The second-order valence-electron chi connectivity index (χ2n) is 4.61. The zero-order valence-corrected chi connectivity index (χ0v) is 10.7. The second kappa shape index (κ2) is 4.09. The molecule has 3 rings (SSSR count). The Morgan fingerprint density at radius 1 is 1.21 bits per heavy atom. The number of hydrogen-bond donors (Lipinski definition) is 1. The van der Waals surface area contributed by atoms with Crippen LogP contribution in [0, 0.1) is 19.7 Å². The van der Waals surface area contributed by atoms with Crippen molar-refractivity contribution in [2.75, 3.05) is 5.73 Å². The number of fused-ring (bicyclic) bond motifs is 1. The van der Waals surface area contributed by atoms with Gasteiger partial charge in [0.1, 0.15) is 11.3 Å². The van der Waals surface area contributed by atoms with Crippen molar-refractivity contribution in [3.8, 4) is 11.5 Å². The van der Waals surface area contributed by atoms with Gasteiger partial charge in [0.05, 0.1) is 0 Å². The normalized spacial score (nSPS) is 11.1. The van der Waals surface area contributed by atoms with Gasteiger partial charge in [-0.15, -0.1) is 0 Å². The Hall–Kier alpha value is -2.36. The number of nitrogens with two attached hydrogens (primary N) is 1. The van der Waals surface area contributed by atoms with Crippen molar-refractivity contribution in [3.05, 3.63) is 47.3 Å². The Morgan fingerprint density at radius 3 is 2.74 bits per heavy atom. The van der Waals surface area contributed by atoms with E-state index in [0.717, 1.165) is 16.6 Å². The topological polar surface area (TPSA) is 52.0 Å². The molecule has 1 aromatic heterocycles. The van der Waals surface area contributed by atoms with Crippen LogP contribution in [0.5, 0.6) is 0 Å². The first-order valence-corrected chi connectivity index (χ1v) is 5.98. The Kier molecular flexibility index (Phi) is 2.52. The Bertz CT molecular complexity index is 777. The lowest BCUT2D eigenvalue weighted by atomic mass is 10.1. The van der Waals surface area contributed by atoms with Crippen molar-refractivity contribution < 1.29 is 8.81 Å². The lowest BCUT2D eigenvalue weighted by Gasteiger charge is -2.01. The maximum atomic E-state index is 13.2. The van der Waals surface area contributed by atoms with E-state index in [1.165, 1.54) is 12.1 Å². The zero-order valence-electron chi connectivity index (χ0n) is 10.7. The number of nitrogens with zero attached hydrogens (tertiary/aromatic N) is 1. The first-order chi connectivity index (χ1) is 9.06. The number of nitrogen functional groups attached to an aromatic ring is 1. The van der Waals surface area contributed by atoms with Gasteiger partial charge in [0.15, 0.2) is 5.58 Å². The van der Waals surface area contributed by atoms with Crippen LogP contribution in [-0.2, 0) is 0 Å². The quantitative estimate of drug-likeness (QED) is 0.673. The maximum absolute atomic E-state index is 13.2. The van der Waals surface area contributed by atoms with E-state index in [2.05, 4.69) is 4.98 Å². The number of aromatic nitrogens is 1. The molecule has 2 aromatic carbocycles. The third-order valence-electron chi connectivity index (χ3n) is 3.22. The number of halogens is 1. The maximum Gasteiger partial charge on any atom is 0.227 e. The third-order valence-corrected chi connectivity index (χ3v) is 3.22. The highest BCUT2D eigenvalue weighted by atomic mass is 19.1. The summed E-state index contributed by atoms with van der Waals surface area (Å²) in [4.78, 5) is 4.43. The van der Waals surface area contributed by atoms with Gasteiger partial charge in [-0.2, -0.15) is 0 Å². The van der Waals surface area contributed by atoms with Crippen LogP contribution < -0.4 is 5.73 Å². The van der Waals surface area contributed by atoms with Gasteiger partial charge in [0.2, 0.25) is 5.89 Å². The minimum atomic E-state index is -0.312. The van der Waals surface area contributed by atoms with Crippen molar-refractivity contribution >= 4 is 16.8 Å². The SMILES string of the molecule is Cc1c(N)cc(C)c2oc(-c3cccc(F)c3)nc12. The average molecular weight is 256 g/mol. The van der Waals surface area contributed by atoms with E-state index in [9.17, 15) is 4.39 Å². The van der Waals surface area contributed by atoms with Gasteiger partial charge in [-0.3, -0.25) is 0 Å². The van der Waals surface area contributed by atoms with Crippen LogP contribution in [-0.4, -0.2) is 4.98 Å². The largest absolute Gasteiger partial charge is 0.436 e. The monoisotopic (exact) mass is 256 g/mol. The number of rotatable bonds is 1. The van der Waals surface area contributed by atoms with Gasteiger partial charge in [-0.25, -0.2) is 9.37 Å². The first-order valence-electron chi connectivity index (χ1n) is 5.98. The molecule has 1 heterocycles. The van der Waals surface area contributed by atoms with E-state index < -0.39 is 0 Å². The van der Waals surface area contributed by atoms with Gasteiger partial charge in [0.25, 0.3) is 0 Å². The van der Waals surface area contributed by atoms with E-state index in [1.807, 2.05) is 19.9 Å². The number of aryl methyl sites for hydroxylation is 2. The van der Waals surface area contributed by atoms with Gasteiger partial charge >= 0.3 is 0 Å². The van der Waals surface area contributed by atoms with Crippen LogP contribution in [0.25, 0.3) is 22.6 Å². The summed E-state index contributed by atoms with van der Waals surface area (Å²) in [5.41, 5.74) is 10.5. The molecule has 0 saturated heterocycles. The molecule has 0 aliphatic carbocycles. The van der Waals surface area contributed by atoms with Crippen molar-refractivity contribution in [3.63, 3.8) is 0 Å². The van der Waals surface area contributed by atoms with Crippen LogP contribution in [0.3, 0.4) is 0 Å². The highest BCUT2D eigenvalue weighted by molar-refractivity contribution is 5.86. The highest BCUT2D eigenvalue weighted by Gasteiger charge is 2.14. The minimum Gasteiger partial charge on any atom is -0.436 e. The third kappa shape index (κ3) is 1.85. The molecule has 0 unspecified atom stereocenters. The summed E-state index contributed by atoms with van der Waals surface area (Å²) in [6.45, 7) is 3.81. The molecule has 0 radical (unpaired) electrons. The fraction of sp³-hybridized carbons (Fsp3) is 0.133. The fourth-order valence-electron chi connectivity index (χ4n) is 2.13. The van der Waals surface area contributed by atoms with Gasteiger partial charge in [-0.05, 0) is 43.7 Å². The van der Waals surface area contributed by atoms with E-state index in [-0.39, 0.29) is 5.82 Å². The van der Waals surface area contributed by atoms with Crippen LogP contribution in [0.2, 0.25) is 0 Å². The van der Waals surface area contributed by atoms with Crippen LogP contribution in [0.15, 0.2) is 34.7 Å². The molecule has 0 fully saturated rings. The molecule has 0 aliphatic heterocycles. The Balaban J connectivity index is 2.28. The van der Waals surface area contributed by atoms with Crippen molar-refractivity contribution in [2.45, 2.75) is 13.8 Å². The molecule has 3 nitrogen and oxygen atoms in total. The van der Waals surface area contributed by atoms with Crippen molar-refractivity contribution in [2.24, 2.45) is 0 Å². The molecule has 0 saturated carbocycles. The molecular weight excluding hydrogens is 243 g/mol. The van der Waals surface area contributed by atoms with E-state index >= 15 is 0 Å². The molecule has 96 valence electrons. The van der Waals surface area contributed by atoms with Crippen LogP contribution in [0.1, 0.15) is 11.1 Å². The van der Waals surface area contributed by atoms with Gasteiger partial charge in [0, 0.05) is 16.8 Å². The lowest BCUT2D eigenvalue weighted by molar-refractivity contribution is 0.609. The summed E-state index contributed by atoms with van der Waals surface area (Å²) >= 11 is 0. The molecule has 0 spiro atoms. The Labute approximate surface area is 109 Å². The Morgan fingerprint density at radius 2 is 2.00 bits per heavy atom. The molecule has 0 amide bonds. The molecule has 0 aliphatic rings. The number of oxazole rings is 1. The second-order valence-corrected chi connectivity index (χ2v) is 4.61. The number of anilines is 1. The predicted molar refractivity (Wildman–Crippen MR) is 73.3 cm³/mol. The molecule has 0 bridgehead atoms. The van der Waals surface area contributed by atoms with Crippen LogP contribution in [0.4, 0.5) is 10.1 Å². The van der Waals surface area contributed by atoms with E-state index in [0.29, 0.717) is 22.7 Å². The molecule has 3 aromatic rings. The molecule has 4 heteroatoms. The summed E-state index contributed by atoms with van der Waals surface area (Å²) in [5, 5.41) is 0. The molecular formula is C15H13FN2O. The summed E-state index contributed by atoms with van der Waals surface area (Å²) in [7, 11) is 0. The molecule has 0 atom stereocenters. The van der Waals surface area contributed by atoms with Gasteiger partial charge in [-0.1, -0.05) is 6.07 Å². The van der Waals surface area contributed by atoms with E-state index in [4.69, 9.17) is 10.2 Å². The predicted octanol–water partition coefficient (Wildman–Crippen LogP) is 3.83. The number of benzene rings is 2. The van der Waals surface area contributed by atoms with Crippen molar-refractivity contribution in [1.29, 1.82) is 0 Å². The lowest BCUT2D eigenvalue weighted by Crippen LogP contribution is -1.91. The summed E-state index contributed by atoms with van der Waals surface area (Å²) < 4.78 is 19.0. The highest BCUT2D eigenvalue weighted by Crippen LogP contribution is 2.31. The smallest absolute Gasteiger partial charge is 0.227 e. The number of hydrogen-bond acceptors (Lipinski definition) is 3. The minimum absolute atomic E-state index is 0.312. The average Bonchev–Trinajstić information content (AvgIpc) is 2.82. The summed E-state index contributed by atoms with van der Waals surface area (Å²) in [6.07, 6.45) is 0.